The average Bonchev–Trinajstić information content (AvgIpc) is 3.00. The van der Waals surface area contributed by atoms with Gasteiger partial charge in [0.1, 0.15) is 0 Å². The Morgan fingerprint density at radius 3 is 1.94 bits per heavy atom. The zero-order valence-electron chi connectivity index (χ0n) is 10.6. The first-order chi connectivity index (χ1) is 7.39. The molecule has 3 nitrogen and oxygen atoms in total. The fraction of sp³-hybridized carbons (Fsp3) is 0.923. The van der Waals surface area contributed by atoms with Crippen LogP contribution in [-0.4, -0.2) is 18.0 Å². The highest BCUT2D eigenvalue weighted by atomic mass is 16.2. The van der Waals surface area contributed by atoms with E-state index in [1.54, 1.807) is 0 Å². The molecule has 0 unspecified atom stereocenters. The van der Waals surface area contributed by atoms with Crippen LogP contribution in [0.1, 0.15) is 46.5 Å². The molecule has 2 fully saturated rings. The maximum absolute atomic E-state index is 12.0. The molecular weight excluding hydrogens is 200 g/mol. The van der Waals surface area contributed by atoms with Crippen molar-refractivity contribution in [3.8, 4) is 0 Å². The summed E-state index contributed by atoms with van der Waals surface area (Å²) in [6, 6.07) is 0.0217. The predicted molar refractivity (Wildman–Crippen MR) is 64.8 cm³/mol. The van der Waals surface area contributed by atoms with E-state index < -0.39 is 6.04 Å². The number of nitrogens with two attached hydrogens (primary N) is 1. The van der Waals surface area contributed by atoms with Crippen molar-refractivity contribution >= 4 is 5.91 Å². The van der Waals surface area contributed by atoms with Gasteiger partial charge in [0.15, 0.2) is 0 Å². The first-order valence-corrected chi connectivity index (χ1v) is 6.45. The Kier molecular flexibility index (Phi) is 2.99. The molecule has 0 aromatic carbocycles. The first kappa shape index (κ1) is 11.9. The molecule has 0 bridgehead atoms. The third-order valence-electron chi connectivity index (χ3n) is 3.78. The van der Waals surface area contributed by atoms with Gasteiger partial charge in [-0.3, -0.25) is 4.79 Å². The molecule has 2 rings (SSSR count). The summed E-state index contributed by atoms with van der Waals surface area (Å²) in [5.74, 6) is 1.52. The van der Waals surface area contributed by atoms with Gasteiger partial charge in [-0.05, 0) is 42.9 Å². The second-order valence-electron chi connectivity index (χ2n) is 6.55. The molecular formula is C13H24N2O. The van der Waals surface area contributed by atoms with Gasteiger partial charge < -0.3 is 11.1 Å². The monoisotopic (exact) mass is 224 g/mol. The van der Waals surface area contributed by atoms with E-state index in [0.29, 0.717) is 6.04 Å². The van der Waals surface area contributed by atoms with Crippen molar-refractivity contribution in [1.29, 1.82) is 0 Å². The quantitative estimate of drug-likeness (QED) is 0.763. The lowest BCUT2D eigenvalue weighted by atomic mass is 9.86. The molecule has 3 heteroatoms. The Bertz CT molecular complexity index is 262. The molecule has 92 valence electrons. The molecule has 0 heterocycles. The number of amides is 1. The van der Waals surface area contributed by atoms with Gasteiger partial charge in [0.2, 0.25) is 5.91 Å². The van der Waals surface area contributed by atoms with Crippen molar-refractivity contribution in [2.24, 2.45) is 23.0 Å². The highest BCUT2D eigenvalue weighted by Crippen LogP contribution is 2.44. The summed E-state index contributed by atoms with van der Waals surface area (Å²) in [7, 11) is 0. The van der Waals surface area contributed by atoms with Gasteiger partial charge in [-0.2, -0.15) is 0 Å². The lowest BCUT2D eigenvalue weighted by Gasteiger charge is -2.28. The van der Waals surface area contributed by atoms with Crippen molar-refractivity contribution < 1.29 is 4.79 Å². The predicted octanol–water partition coefficient (Wildman–Crippen LogP) is 1.66. The number of hydrogen-bond donors (Lipinski definition) is 2. The largest absolute Gasteiger partial charge is 0.351 e. The van der Waals surface area contributed by atoms with Crippen LogP contribution < -0.4 is 11.1 Å². The van der Waals surface area contributed by atoms with Crippen LogP contribution in [0.15, 0.2) is 0 Å². The van der Waals surface area contributed by atoms with Gasteiger partial charge in [0.05, 0.1) is 6.04 Å². The molecule has 0 aliphatic heterocycles. The van der Waals surface area contributed by atoms with Crippen molar-refractivity contribution in [2.45, 2.75) is 58.5 Å². The Labute approximate surface area is 98.2 Å². The lowest BCUT2D eigenvalue weighted by Crippen LogP contribution is -2.52. The second-order valence-corrected chi connectivity index (χ2v) is 6.55. The van der Waals surface area contributed by atoms with E-state index in [1.807, 2.05) is 20.8 Å². The summed E-state index contributed by atoms with van der Waals surface area (Å²) in [4.78, 5) is 12.0. The number of carbonyl (C=O) groups is 1. The van der Waals surface area contributed by atoms with Crippen molar-refractivity contribution in [3.63, 3.8) is 0 Å². The number of rotatable bonds is 4. The lowest BCUT2D eigenvalue weighted by molar-refractivity contribution is -0.125. The minimum Gasteiger partial charge on any atom is -0.351 e. The summed E-state index contributed by atoms with van der Waals surface area (Å²) < 4.78 is 0. The van der Waals surface area contributed by atoms with E-state index in [0.717, 1.165) is 11.8 Å². The smallest absolute Gasteiger partial charge is 0.237 e. The molecule has 2 aliphatic carbocycles. The summed E-state index contributed by atoms with van der Waals surface area (Å²) in [6.07, 6.45) is 5.14. The minimum absolute atomic E-state index is 0.0382. The van der Waals surface area contributed by atoms with Crippen LogP contribution in [0.2, 0.25) is 0 Å². The fourth-order valence-electron chi connectivity index (χ4n) is 2.18. The first-order valence-electron chi connectivity index (χ1n) is 6.45. The third kappa shape index (κ3) is 2.76. The molecule has 0 saturated heterocycles. The van der Waals surface area contributed by atoms with E-state index in [1.165, 1.54) is 25.7 Å². The highest BCUT2D eigenvalue weighted by molar-refractivity contribution is 5.82. The SMILES string of the molecule is CC(C)(C)[C@H](N)C(=O)NC(C1CC1)C1CC1. The van der Waals surface area contributed by atoms with Crippen LogP contribution >= 0.6 is 0 Å². The van der Waals surface area contributed by atoms with E-state index in [2.05, 4.69) is 5.32 Å². The summed E-state index contributed by atoms with van der Waals surface area (Å²) in [5, 5.41) is 3.18. The maximum Gasteiger partial charge on any atom is 0.237 e. The highest BCUT2D eigenvalue weighted by Gasteiger charge is 2.43. The Hall–Kier alpha value is -0.570. The molecule has 16 heavy (non-hydrogen) atoms. The molecule has 0 aromatic rings. The van der Waals surface area contributed by atoms with Gasteiger partial charge in [0.25, 0.3) is 0 Å². The van der Waals surface area contributed by atoms with Gasteiger partial charge >= 0.3 is 0 Å². The average molecular weight is 224 g/mol. The van der Waals surface area contributed by atoms with Crippen LogP contribution in [0, 0.1) is 17.3 Å². The van der Waals surface area contributed by atoms with Crippen LogP contribution in [-0.2, 0) is 4.79 Å². The maximum atomic E-state index is 12.0. The van der Waals surface area contributed by atoms with Gasteiger partial charge in [-0.15, -0.1) is 0 Å². The van der Waals surface area contributed by atoms with E-state index in [-0.39, 0.29) is 11.3 Å². The Morgan fingerprint density at radius 2 is 1.62 bits per heavy atom. The van der Waals surface area contributed by atoms with E-state index >= 15 is 0 Å². The number of hydrogen-bond acceptors (Lipinski definition) is 2. The van der Waals surface area contributed by atoms with Crippen LogP contribution in [0.5, 0.6) is 0 Å². The zero-order chi connectivity index (χ0) is 11.9. The third-order valence-corrected chi connectivity index (χ3v) is 3.78. The fourth-order valence-corrected chi connectivity index (χ4v) is 2.18. The zero-order valence-corrected chi connectivity index (χ0v) is 10.6. The molecule has 2 saturated carbocycles. The van der Waals surface area contributed by atoms with Crippen molar-refractivity contribution in [2.75, 3.05) is 0 Å². The van der Waals surface area contributed by atoms with Gasteiger partial charge in [-0.25, -0.2) is 0 Å². The van der Waals surface area contributed by atoms with Crippen molar-refractivity contribution in [3.05, 3.63) is 0 Å². The van der Waals surface area contributed by atoms with Gasteiger partial charge in [-0.1, -0.05) is 20.8 Å². The van der Waals surface area contributed by atoms with Crippen LogP contribution in [0.3, 0.4) is 0 Å². The second kappa shape index (κ2) is 4.02. The summed E-state index contributed by atoms with van der Waals surface area (Å²) in [5.41, 5.74) is 5.82. The Balaban J connectivity index is 1.89. The normalized spacial score (nSPS) is 23.3. The van der Waals surface area contributed by atoms with E-state index in [4.69, 9.17) is 5.73 Å². The van der Waals surface area contributed by atoms with E-state index in [9.17, 15) is 4.79 Å². The molecule has 0 radical (unpaired) electrons. The standard InChI is InChI=1S/C13H24N2O/c1-13(2,3)11(14)12(16)15-10(8-4-5-8)9-6-7-9/h8-11H,4-7,14H2,1-3H3,(H,15,16)/t11-/m1/s1. The Morgan fingerprint density at radius 1 is 1.19 bits per heavy atom. The van der Waals surface area contributed by atoms with Crippen LogP contribution in [0.25, 0.3) is 0 Å². The van der Waals surface area contributed by atoms with Crippen molar-refractivity contribution in [1.82, 2.24) is 5.32 Å². The topological polar surface area (TPSA) is 55.1 Å². The summed E-state index contributed by atoms with van der Waals surface area (Å²) in [6.45, 7) is 6.04. The van der Waals surface area contributed by atoms with Gasteiger partial charge in [0, 0.05) is 6.04 Å². The summed E-state index contributed by atoms with van der Waals surface area (Å²) >= 11 is 0. The molecule has 0 spiro atoms. The minimum atomic E-state index is -0.396. The molecule has 2 aliphatic rings. The molecule has 1 atom stereocenters. The molecule has 0 aromatic heterocycles. The molecule has 1 amide bonds. The number of nitrogens with one attached hydrogen (secondary N) is 1. The number of carbonyl (C=O) groups excluding carboxylic acids is 1. The molecule has 3 N–H and O–H groups in total. The van der Waals surface area contributed by atoms with Crippen LogP contribution in [0.4, 0.5) is 0 Å².